The number of anilines is 1. The van der Waals surface area contributed by atoms with Crippen molar-refractivity contribution in [3.63, 3.8) is 0 Å². The van der Waals surface area contributed by atoms with Crippen molar-refractivity contribution in [2.75, 3.05) is 11.7 Å². The molecule has 0 atom stereocenters. The van der Waals surface area contributed by atoms with Crippen LogP contribution in [0.4, 0.5) is 16.0 Å². The van der Waals surface area contributed by atoms with Crippen molar-refractivity contribution in [1.29, 1.82) is 0 Å². The molecule has 4 rings (SSSR count). The number of nitro groups is 1. The predicted molar refractivity (Wildman–Crippen MR) is 94.8 cm³/mol. The molecule has 2 heterocycles. The molecule has 9 heteroatoms. The van der Waals surface area contributed by atoms with Crippen LogP contribution in [0.3, 0.4) is 0 Å². The summed E-state index contributed by atoms with van der Waals surface area (Å²) in [6.45, 7) is 0.227. The molecule has 0 bridgehead atoms. The summed E-state index contributed by atoms with van der Waals surface area (Å²) in [5.41, 5.74) is 1.13. The van der Waals surface area contributed by atoms with Crippen LogP contribution < -0.4 is 14.4 Å². The van der Waals surface area contributed by atoms with Crippen LogP contribution in [0, 0.1) is 15.9 Å². The zero-order chi connectivity index (χ0) is 19.7. The van der Waals surface area contributed by atoms with E-state index in [4.69, 9.17) is 13.9 Å². The summed E-state index contributed by atoms with van der Waals surface area (Å²) in [4.78, 5) is 24.4. The van der Waals surface area contributed by atoms with E-state index in [2.05, 4.69) is 0 Å². The van der Waals surface area contributed by atoms with Gasteiger partial charge in [0.1, 0.15) is 10.7 Å². The van der Waals surface area contributed by atoms with Gasteiger partial charge in [-0.05, 0) is 48.0 Å². The number of halogens is 1. The van der Waals surface area contributed by atoms with Crippen molar-refractivity contribution in [3.8, 4) is 11.5 Å². The van der Waals surface area contributed by atoms with E-state index in [-0.39, 0.29) is 19.1 Å². The van der Waals surface area contributed by atoms with Crippen LogP contribution in [0.5, 0.6) is 11.5 Å². The highest BCUT2D eigenvalue weighted by molar-refractivity contribution is 6.04. The second-order valence-corrected chi connectivity index (χ2v) is 5.95. The first kappa shape index (κ1) is 17.5. The monoisotopic (exact) mass is 384 g/mol. The molecule has 0 saturated heterocycles. The molecule has 0 spiro atoms. The Morgan fingerprint density at radius 1 is 1.07 bits per heavy atom. The van der Waals surface area contributed by atoms with E-state index in [0.717, 1.165) is 11.6 Å². The number of hydrogen-bond acceptors (Lipinski definition) is 6. The zero-order valence-electron chi connectivity index (χ0n) is 14.3. The molecule has 1 amide bonds. The Bertz CT molecular complexity index is 1050. The van der Waals surface area contributed by atoms with E-state index in [1.165, 1.54) is 35.2 Å². The third-order valence-electron chi connectivity index (χ3n) is 4.14. The zero-order valence-corrected chi connectivity index (χ0v) is 14.3. The Kier molecular flexibility index (Phi) is 4.40. The summed E-state index contributed by atoms with van der Waals surface area (Å²) in [5.74, 6) is -0.629. The molecule has 8 nitrogen and oxygen atoms in total. The summed E-state index contributed by atoms with van der Waals surface area (Å²) in [6, 6.07) is 12.9. The van der Waals surface area contributed by atoms with Gasteiger partial charge in [0.05, 0.1) is 12.6 Å². The van der Waals surface area contributed by atoms with E-state index >= 15 is 0 Å². The van der Waals surface area contributed by atoms with Crippen LogP contribution in [0.1, 0.15) is 16.1 Å². The van der Waals surface area contributed by atoms with Crippen LogP contribution in [0.2, 0.25) is 0 Å². The summed E-state index contributed by atoms with van der Waals surface area (Å²) in [7, 11) is 0. The van der Waals surface area contributed by atoms with Crippen LogP contribution in [-0.4, -0.2) is 17.6 Å². The largest absolute Gasteiger partial charge is 0.454 e. The van der Waals surface area contributed by atoms with Crippen molar-refractivity contribution < 1.29 is 28.0 Å². The molecule has 0 N–H and O–H groups in total. The lowest BCUT2D eigenvalue weighted by molar-refractivity contribution is -0.402. The molecule has 0 saturated carbocycles. The van der Waals surface area contributed by atoms with E-state index in [9.17, 15) is 19.3 Å². The molecule has 1 aliphatic heterocycles. The van der Waals surface area contributed by atoms with Gasteiger partial charge in [0.15, 0.2) is 17.3 Å². The number of carbonyl (C=O) groups excluding carboxylic acids is 1. The lowest BCUT2D eigenvalue weighted by Gasteiger charge is -2.22. The van der Waals surface area contributed by atoms with Gasteiger partial charge in [-0.15, -0.1) is 0 Å². The van der Waals surface area contributed by atoms with E-state index in [1.807, 2.05) is 0 Å². The van der Waals surface area contributed by atoms with Gasteiger partial charge in [0.25, 0.3) is 5.91 Å². The molecule has 142 valence electrons. The van der Waals surface area contributed by atoms with Gasteiger partial charge in [-0.3, -0.25) is 14.9 Å². The lowest BCUT2D eigenvalue weighted by atomic mass is 10.1. The average molecular weight is 384 g/mol. The molecule has 0 radical (unpaired) electrons. The number of fused-ring (bicyclic) bond motifs is 1. The molecule has 0 fully saturated rings. The number of ether oxygens (including phenoxy) is 2. The molecule has 0 unspecified atom stereocenters. The molecular weight excluding hydrogens is 371 g/mol. The maximum Gasteiger partial charge on any atom is 0.433 e. The van der Waals surface area contributed by atoms with Crippen molar-refractivity contribution in [2.45, 2.75) is 6.54 Å². The minimum atomic E-state index is -0.725. The normalized spacial score (nSPS) is 12.0. The second-order valence-electron chi connectivity index (χ2n) is 5.95. The van der Waals surface area contributed by atoms with Gasteiger partial charge in [0.2, 0.25) is 6.79 Å². The standard InChI is InChI=1S/C19H13FN2O6/c20-13-2-4-14(5-3-13)21(19(23)16-7-8-18(28-16)22(24)25)10-12-1-6-15-17(9-12)27-11-26-15/h1-9H,10-11H2. The Morgan fingerprint density at radius 3 is 2.54 bits per heavy atom. The number of amides is 1. The number of nitrogens with zero attached hydrogens (tertiary/aromatic N) is 2. The number of benzene rings is 2. The smallest absolute Gasteiger partial charge is 0.433 e. The predicted octanol–water partition coefficient (Wildman–Crippen LogP) is 3.90. The second kappa shape index (κ2) is 7.03. The maximum atomic E-state index is 13.3. The minimum absolute atomic E-state index is 0.107. The first-order valence-electron chi connectivity index (χ1n) is 8.21. The Morgan fingerprint density at radius 2 is 1.82 bits per heavy atom. The first-order chi connectivity index (χ1) is 13.5. The first-order valence-corrected chi connectivity index (χ1v) is 8.21. The van der Waals surface area contributed by atoms with Gasteiger partial charge in [-0.25, -0.2) is 4.39 Å². The maximum absolute atomic E-state index is 13.3. The van der Waals surface area contributed by atoms with E-state index in [1.54, 1.807) is 18.2 Å². The third kappa shape index (κ3) is 3.37. The topological polar surface area (TPSA) is 95.0 Å². The summed E-state index contributed by atoms with van der Waals surface area (Å²) < 4.78 is 29.0. The van der Waals surface area contributed by atoms with Crippen LogP contribution in [-0.2, 0) is 6.54 Å². The van der Waals surface area contributed by atoms with E-state index in [0.29, 0.717) is 17.2 Å². The fourth-order valence-electron chi connectivity index (χ4n) is 2.80. The molecule has 28 heavy (non-hydrogen) atoms. The van der Waals surface area contributed by atoms with Gasteiger partial charge >= 0.3 is 5.88 Å². The van der Waals surface area contributed by atoms with Crippen molar-refractivity contribution >= 4 is 17.5 Å². The van der Waals surface area contributed by atoms with Gasteiger partial charge in [-0.2, -0.15) is 0 Å². The molecule has 0 aliphatic carbocycles. The molecule has 1 aromatic heterocycles. The summed E-state index contributed by atoms with van der Waals surface area (Å²) in [6.07, 6.45) is 0. The SMILES string of the molecule is O=C(c1ccc([N+](=O)[O-])o1)N(Cc1ccc2c(c1)OCO2)c1ccc(F)cc1. The summed E-state index contributed by atoms with van der Waals surface area (Å²) in [5, 5.41) is 10.8. The lowest BCUT2D eigenvalue weighted by Crippen LogP contribution is -2.30. The molecular formula is C19H13FN2O6. The number of hydrogen-bond donors (Lipinski definition) is 0. The number of furan rings is 1. The number of rotatable bonds is 5. The van der Waals surface area contributed by atoms with Crippen LogP contribution in [0.25, 0.3) is 0 Å². The van der Waals surface area contributed by atoms with Gasteiger partial charge < -0.3 is 18.8 Å². The molecule has 2 aromatic carbocycles. The fourth-order valence-corrected chi connectivity index (χ4v) is 2.80. The Labute approximate surface area is 157 Å². The quantitative estimate of drug-likeness (QED) is 0.489. The van der Waals surface area contributed by atoms with Crippen molar-refractivity contribution in [2.24, 2.45) is 0 Å². The molecule has 3 aromatic rings. The van der Waals surface area contributed by atoms with E-state index < -0.39 is 22.5 Å². The van der Waals surface area contributed by atoms with Crippen LogP contribution in [0.15, 0.2) is 59.0 Å². The Balaban J connectivity index is 1.68. The summed E-state index contributed by atoms with van der Waals surface area (Å²) >= 11 is 0. The van der Waals surface area contributed by atoms with Gasteiger partial charge in [0, 0.05) is 5.69 Å². The van der Waals surface area contributed by atoms with Crippen LogP contribution >= 0.6 is 0 Å². The highest BCUT2D eigenvalue weighted by Crippen LogP contribution is 2.33. The van der Waals surface area contributed by atoms with Gasteiger partial charge in [-0.1, -0.05) is 6.07 Å². The fraction of sp³-hybridized carbons (Fsp3) is 0.105. The Hall–Kier alpha value is -3.88. The molecule has 1 aliphatic rings. The van der Waals surface area contributed by atoms with Crippen molar-refractivity contribution in [1.82, 2.24) is 0 Å². The highest BCUT2D eigenvalue weighted by atomic mass is 19.1. The minimum Gasteiger partial charge on any atom is -0.454 e. The average Bonchev–Trinajstić information content (AvgIpc) is 3.35. The highest BCUT2D eigenvalue weighted by Gasteiger charge is 2.25. The van der Waals surface area contributed by atoms with Crippen molar-refractivity contribution in [3.05, 3.63) is 81.9 Å². The number of carbonyl (C=O) groups is 1. The third-order valence-corrected chi connectivity index (χ3v) is 4.14.